The van der Waals surface area contributed by atoms with E-state index in [0.717, 1.165) is 12.5 Å². The molecule has 2 rings (SSSR count). The fourth-order valence-corrected chi connectivity index (χ4v) is 3.75. The summed E-state index contributed by atoms with van der Waals surface area (Å²) in [4.78, 5) is 13.7. The Labute approximate surface area is 176 Å². The molecule has 164 valence electrons. The van der Waals surface area contributed by atoms with E-state index < -0.39 is 15.9 Å². The third-order valence-corrected chi connectivity index (χ3v) is 5.87. The summed E-state index contributed by atoms with van der Waals surface area (Å²) in [5.41, 5.74) is 0.515. The molecule has 0 fully saturated rings. The zero-order valence-electron chi connectivity index (χ0n) is 17.5. The summed E-state index contributed by atoms with van der Waals surface area (Å²) in [7, 11) is -3.00. The van der Waals surface area contributed by atoms with Crippen LogP contribution in [0.15, 0.2) is 47.4 Å². The molecule has 2 aromatic rings. The molecule has 1 N–H and O–H groups in total. The SMILES string of the molecule is CCNC(=O)N(Cc1ccccc1OS(=O)(=O)c1ccc(OC)c(F)c1)[C@H](C)CC. The quantitative estimate of drug-likeness (QED) is 0.600. The summed E-state index contributed by atoms with van der Waals surface area (Å²) in [6, 6.07) is 9.50. The number of carbonyl (C=O) groups is 1. The van der Waals surface area contributed by atoms with Gasteiger partial charge in [0.05, 0.1) is 13.7 Å². The van der Waals surface area contributed by atoms with E-state index >= 15 is 0 Å². The average molecular weight is 439 g/mol. The Hall–Kier alpha value is -2.81. The van der Waals surface area contributed by atoms with Gasteiger partial charge in [-0.25, -0.2) is 9.18 Å². The first-order chi connectivity index (χ1) is 14.2. The fourth-order valence-electron chi connectivity index (χ4n) is 2.77. The molecule has 0 radical (unpaired) electrons. The van der Waals surface area contributed by atoms with Crippen LogP contribution in [-0.4, -0.2) is 39.0 Å². The van der Waals surface area contributed by atoms with Gasteiger partial charge in [0.2, 0.25) is 0 Å². The van der Waals surface area contributed by atoms with Crippen molar-refractivity contribution >= 4 is 16.1 Å². The van der Waals surface area contributed by atoms with Crippen molar-refractivity contribution in [3.63, 3.8) is 0 Å². The number of hydrogen-bond donors (Lipinski definition) is 1. The number of nitrogens with zero attached hydrogens (tertiary/aromatic N) is 1. The van der Waals surface area contributed by atoms with Crippen molar-refractivity contribution in [1.29, 1.82) is 0 Å². The van der Waals surface area contributed by atoms with Crippen LogP contribution in [0.1, 0.15) is 32.8 Å². The van der Waals surface area contributed by atoms with Crippen LogP contribution < -0.4 is 14.2 Å². The molecule has 2 amide bonds. The van der Waals surface area contributed by atoms with E-state index in [4.69, 9.17) is 8.92 Å². The Bertz CT molecular complexity index is 981. The van der Waals surface area contributed by atoms with Gasteiger partial charge in [-0.2, -0.15) is 8.42 Å². The first-order valence-corrected chi connectivity index (χ1v) is 11.0. The molecule has 0 aromatic heterocycles. The number of ether oxygens (including phenoxy) is 1. The molecular weight excluding hydrogens is 411 g/mol. The van der Waals surface area contributed by atoms with E-state index in [0.29, 0.717) is 12.1 Å². The zero-order valence-corrected chi connectivity index (χ0v) is 18.3. The second-order valence-corrected chi connectivity index (χ2v) is 8.21. The van der Waals surface area contributed by atoms with Crippen molar-refractivity contribution in [2.75, 3.05) is 13.7 Å². The first-order valence-electron chi connectivity index (χ1n) is 9.63. The third-order valence-electron chi connectivity index (χ3n) is 4.64. The van der Waals surface area contributed by atoms with Crippen LogP contribution in [0, 0.1) is 5.82 Å². The van der Waals surface area contributed by atoms with E-state index in [1.807, 2.05) is 20.8 Å². The molecule has 0 spiro atoms. The monoisotopic (exact) mass is 438 g/mol. The van der Waals surface area contributed by atoms with Gasteiger partial charge >= 0.3 is 16.1 Å². The highest BCUT2D eigenvalue weighted by molar-refractivity contribution is 7.87. The van der Waals surface area contributed by atoms with Crippen LogP contribution in [0.5, 0.6) is 11.5 Å². The van der Waals surface area contributed by atoms with Crippen LogP contribution >= 0.6 is 0 Å². The maximum Gasteiger partial charge on any atom is 0.339 e. The molecule has 7 nitrogen and oxygen atoms in total. The molecule has 0 aliphatic heterocycles. The predicted octanol–water partition coefficient (Wildman–Crippen LogP) is 3.93. The number of carbonyl (C=O) groups excluding carboxylic acids is 1. The van der Waals surface area contributed by atoms with Crippen LogP contribution in [0.25, 0.3) is 0 Å². The summed E-state index contributed by atoms with van der Waals surface area (Å²) in [5, 5.41) is 2.77. The minimum Gasteiger partial charge on any atom is -0.494 e. The molecule has 0 bridgehead atoms. The normalized spacial score (nSPS) is 12.2. The Morgan fingerprint density at radius 1 is 1.17 bits per heavy atom. The fraction of sp³-hybridized carbons (Fsp3) is 0.381. The van der Waals surface area contributed by atoms with Gasteiger partial charge in [-0.05, 0) is 44.5 Å². The molecule has 0 aliphatic carbocycles. The summed E-state index contributed by atoms with van der Waals surface area (Å²) in [5.74, 6) is -0.804. The van der Waals surface area contributed by atoms with Crippen molar-refractivity contribution < 1.29 is 26.5 Å². The standard InChI is InChI=1S/C21H27FN2O5S/c1-5-15(3)24(21(25)23-6-2)14-16-9-7-8-10-19(16)29-30(26,27)17-11-12-20(28-4)18(22)13-17/h7-13,15H,5-6,14H2,1-4H3,(H,23,25)/t15-/m1/s1. The summed E-state index contributed by atoms with van der Waals surface area (Å²) < 4.78 is 49.5. The number of rotatable bonds is 9. The molecular formula is C21H27FN2O5S. The second kappa shape index (κ2) is 10.3. The Kier molecular flexibility index (Phi) is 8.05. The highest BCUT2D eigenvalue weighted by atomic mass is 32.2. The van der Waals surface area contributed by atoms with Crippen molar-refractivity contribution in [3.05, 3.63) is 53.8 Å². The van der Waals surface area contributed by atoms with E-state index in [1.54, 1.807) is 23.1 Å². The largest absolute Gasteiger partial charge is 0.494 e. The molecule has 0 saturated heterocycles. The van der Waals surface area contributed by atoms with Gasteiger partial charge in [-0.1, -0.05) is 25.1 Å². The zero-order chi connectivity index (χ0) is 22.3. The Morgan fingerprint density at radius 3 is 2.47 bits per heavy atom. The van der Waals surface area contributed by atoms with Crippen molar-refractivity contribution in [2.45, 2.75) is 44.7 Å². The molecule has 9 heteroatoms. The number of benzene rings is 2. The van der Waals surface area contributed by atoms with Crippen molar-refractivity contribution in [2.24, 2.45) is 0 Å². The topological polar surface area (TPSA) is 84.9 Å². The maximum atomic E-state index is 14.0. The summed E-state index contributed by atoms with van der Waals surface area (Å²) in [6.07, 6.45) is 0.726. The van der Waals surface area contributed by atoms with Gasteiger partial charge in [-0.15, -0.1) is 0 Å². The number of methoxy groups -OCH3 is 1. The number of hydrogen-bond acceptors (Lipinski definition) is 5. The number of halogens is 1. The van der Waals surface area contributed by atoms with Gasteiger partial charge in [0.25, 0.3) is 0 Å². The number of nitrogens with one attached hydrogen (secondary N) is 1. The number of para-hydroxylation sites is 1. The molecule has 1 atom stereocenters. The maximum absolute atomic E-state index is 14.0. The molecule has 0 saturated carbocycles. The van der Waals surface area contributed by atoms with Gasteiger partial charge in [0.1, 0.15) is 10.6 Å². The molecule has 2 aromatic carbocycles. The lowest BCUT2D eigenvalue weighted by atomic mass is 10.1. The van der Waals surface area contributed by atoms with Crippen LogP contribution in [-0.2, 0) is 16.7 Å². The molecule has 0 heterocycles. The lowest BCUT2D eigenvalue weighted by Gasteiger charge is -2.29. The molecule has 0 unspecified atom stereocenters. The van der Waals surface area contributed by atoms with Gasteiger partial charge < -0.3 is 19.1 Å². The van der Waals surface area contributed by atoms with Crippen LogP contribution in [0.3, 0.4) is 0 Å². The summed E-state index contributed by atoms with van der Waals surface area (Å²) >= 11 is 0. The van der Waals surface area contributed by atoms with E-state index in [2.05, 4.69) is 5.32 Å². The van der Waals surface area contributed by atoms with E-state index in [9.17, 15) is 17.6 Å². The highest BCUT2D eigenvalue weighted by Crippen LogP contribution is 2.27. The first kappa shape index (κ1) is 23.5. The molecule has 0 aliphatic rings. The lowest BCUT2D eigenvalue weighted by molar-refractivity contribution is 0.173. The number of amides is 2. The summed E-state index contributed by atoms with van der Waals surface area (Å²) in [6.45, 7) is 6.33. The van der Waals surface area contributed by atoms with Gasteiger partial charge in [0, 0.05) is 18.2 Å². The van der Waals surface area contributed by atoms with Crippen LogP contribution in [0.4, 0.5) is 9.18 Å². The second-order valence-electron chi connectivity index (χ2n) is 6.66. The predicted molar refractivity (Wildman–Crippen MR) is 112 cm³/mol. The minimum atomic E-state index is -4.29. The van der Waals surface area contributed by atoms with Crippen LogP contribution in [0.2, 0.25) is 0 Å². The Morgan fingerprint density at radius 2 is 1.87 bits per heavy atom. The highest BCUT2D eigenvalue weighted by Gasteiger charge is 2.24. The number of urea groups is 1. The van der Waals surface area contributed by atoms with E-state index in [-0.39, 0.29) is 35.0 Å². The average Bonchev–Trinajstić information content (AvgIpc) is 2.72. The Balaban J connectivity index is 2.33. The van der Waals surface area contributed by atoms with Crippen molar-refractivity contribution in [1.82, 2.24) is 10.2 Å². The van der Waals surface area contributed by atoms with E-state index in [1.165, 1.54) is 25.3 Å². The van der Waals surface area contributed by atoms with Gasteiger partial charge in [0.15, 0.2) is 11.6 Å². The molecule has 30 heavy (non-hydrogen) atoms. The lowest BCUT2D eigenvalue weighted by Crippen LogP contribution is -2.44. The third kappa shape index (κ3) is 5.63. The minimum absolute atomic E-state index is 0.0690. The van der Waals surface area contributed by atoms with Gasteiger partial charge in [-0.3, -0.25) is 0 Å². The smallest absolute Gasteiger partial charge is 0.339 e. The van der Waals surface area contributed by atoms with Crippen molar-refractivity contribution in [3.8, 4) is 11.5 Å².